The molecule has 5 nitrogen and oxygen atoms in total. The second kappa shape index (κ2) is 8.31. The average molecular weight is 313 g/mol. The number of carbonyl (C=O) groups is 2. The number of benzene rings is 1. The van der Waals surface area contributed by atoms with E-state index in [0.717, 1.165) is 12.1 Å². The third-order valence-electron chi connectivity index (χ3n) is 2.59. The second-order valence-electron chi connectivity index (χ2n) is 4.10. The van der Waals surface area contributed by atoms with Gasteiger partial charge in [0.1, 0.15) is 5.82 Å². The number of aliphatic carboxylic acids is 1. The van der Waals surface area contributed by atoms with Crippen molar-refractivity contribution in [1.82, 2.24) is 5.32 Å². The normalized spacial score (nSPS) is 12.3. The molecule has 0 aliphatic carbocycles. The molecule has 0 saturated heterocycles. The molecule has 2 N–H and O–H groups in total. The van der Waals surface area contributed by atoms with Crippen LogP contribution in [0, 0.1) is 5.82 Å². The number of hydrogen-bond acceptors (Lipinski definition) is 3. The first kappa shape index (κ1) is 17.0. The van der Waals surface area contributed by atoms with Crippen molar-refractivity contribution in [2.75, 3.05) is 18.1 Å². The van der Waals surface area contributed by atoms with Crippen molar-refractivity contribution < 1.29 is 23.3 Å². The van der Waals surface area contributed by atoms with Gasteiger partial charge in [-0.05, 0) is 23.8 Å². The number of carbonyl (C=O) groups excluding carboxylic acids is 1. The van der Waals surface area contributed by atoms with Crippen molar-refractivity contribution in [1.29, 1.82) is 0 Å². The summed E-state index contributed by atoms with van der Waals surface area (Å²) in [6.07, 6.45) is 2.12. The van der Waals surface area contributed by atoms with E-state index in [1.54, 1.807) is 6.92 Å². The Morgan fingerprint density at radius 2 is 2.14 bits per heavy atom. The molecule has 0 aromatic heterocycles. The summed E-state index contributed by atoms with van der Waals surface area (Å²) in [7, 11) is -0.989. The number of halogens is 1. The minimum absolute atomic E-state index is 0.134. The van der Waals surface area contributed by atoms with Crippen LogP contribution in [0.15, 0.2) is 24.3 Å². The zero-order valence-electron chi connectivity index (χ0n) is 11.5. The van der Waals surface area contributed by atoms with Crippen LogP contribution >= 0.6 is 0 Å². The number of amides is 1. The van der Waals surface area contributed by atoms with Gasteiger partial charge in [-0.2, -0.15) is 0 Å². The average Bonchev–Trinajstić information content (AvgIpc) is 2.44. The van der Waals surface area contributed by atoms with E-state index in [1.807, 2.05) is 0 Å². The van der Waals surface area contributed by atoms with Gasteiger partial charge in [0, 0.05) is 34.9 Å². The predicted octanol–water partition coefficient (Wildman–Crippen LogP) is 1.42. The minimum Gasteiger partial charge on any atom is -0.478 e. The van der Waals surface area contributed by atoms with Crippen molar-refractivity contribution >= 4 is 28.8 Å². The Labute approximate surface area is 124 Å². The molecule has 0 aliphatic heterocycles. The lowest BCUT2D eigenvalue weighted by molar-refractivity contribution is -0.131. The van der Waals surface area contributed by atoms with E-state index in [2.05, 4.69) is 5.32 Å². The van der Waals surface area contributed by atoms with Crippen LogP contribution < -0.4 is 5.32 Å². The highest BCUT2D eigenvalue weighted by Gasteiger charge is 2.11. The van der Waals surface area contributed by atoms with Crippen LogP contribution in [-0.2, 0) is 15.6 Å². The summed E-state index contributed by atoms with van der Waals surface area (Å²) in [6.45, 7) is 1.99. The molecule has 1 aromatic rings. The SMILES string of the molecule is CCS(=O)CCNC(=O)c1ccc(/C=C/C(=O)O)cc1F. The third-order valence-corrected chi connectivity index (χ3v) is 3.90. The van der Waals surface area contributed by atoms with Crippen molar-refractivity contribution in [3.63, 3.8) is 0 Å². The molecule has 1 unspecified atom stereocenters. The Kier molecular flexibility index (Phi) is 6.74. The molecule has 1 aromatic carbocycles. The fourth-order valence-electron chi connectivity index (χ4n) is 1.50. The molecule has 0 spiro atoms. The predicted molar refractivity (Wildman–Crippen MR) is 79.0 cm³/mol. The molecule has 0 saturated carbocycles. The van der Waals surface area contributed by atoms with Crippen LogP contribution in [0.1, 0.15) is 22.8 Å². The van der Waals surface area contributed by atoms with Gasteiger partial charge < -0.3 is 10.4 Å². The van der Waals surface area contributed by atoms with Gasteiger partial charge in [0.15, 0.2) is 0 Å². The number of hydrogen-bond donors (Lipinski definition) is 2. The molecule has 7 heteroatoms. The Hall–Kier alpha value is -2.02. The van der Waals surface area contributed by atoms with Gasteiger partial charge in [-0.25, -0.2) is 9.18 Å². The van der Waals surface area contributed by atoms with E-state index >= 15 is 0 Å². The quantitative estimate of drug-likeness (QED) is 0.746. The second-order valence-corrected chi connectivity index (χ2v) is 5.96. The first-order valence-corrected chi connectivity index (χ1v) is 7.76. The van der Waals surface area contributed by atoms with Crippen molar-refractivity contribution in [2.45, 2.75) is 6.92 Å². The molecule has 114 valence electrons. The molecule has 0 bridgehead atoms. The van der Waals surface area contributed by atoms with Crippen LogP contribution in [0.5, 0.6) is 0 Å². The van der Waals surface area contributed by atoms with Crippen molar-refractivity contribution in [3.8, 4) is 0 Å². The number of carboxylic acid groups (broad SMARTS) is 1. The number of carboxylic acids is 1. The van der Waals surface area contributed by atoms with Gasteiger partial charge in [-0.3, -0.25) is 9.00 Å². The Balaban J connectivity index is 2.69. The molecule has 0 fully saturated rings. The van der Waals surface area contributed by atoms with Crippen molar-refractivity contribution in [2.24, 2.45) is 0 Å². The molecular formula is C14H16FNO4S. The maximum Gasteiger partial charge on any atom is 0.328 e. The summed E-state index contributed by atoms with van der Waals surface area (Å²) in [6, 6.07) is 3.81. The summed E-state index contributed by atoms with van der Waals surface area (Å²) in [5, 5.41) is 11.0. The molecule has 0 aliphatic rings. The summed E-state index contributed by atoms with van der Waals surface area (Å²) in [5.41, 5.74) is 0.211. The highest BCUT2D eigenvalue weighted by Crippen LogP contribution is 2.12. The molecule has 1 amide bonds. The van der Waals surface area contributed by atoms with Crippen LogP contribution in [0.4, 0.5) is 4.39 Å². The van der Waals surface area contributed by atoms with Gasteiger partial charge in [-0.1, -0.05) is 13.0 Å². The van der Waals surface area contributed by atoms with E-state index in [-0.39, 0.29) is 12.1 Å². The van der Waals surface area contributed by atoms with Gasteiger partial charge in [0.2, 0.25) is 0 Å². The first-order chi connectivity index (χ1) is 9.93. The van der Waals surface area contributed by atoms with E-state index in [0.29, 0.717) is 17.1 Å². The molecule has 0 radical (unpaired) electrons. The summed E-state index contributed by atoms with van der Waals surface area (Å²) in [5.74, 6) is -1.63. The smallest absolute Gasteiger partial charge is 0.328 e. The lowest BCUT2D eigenvalue weighted by atomic mass is 10.1. The summed E-state index contributed by atoms with van der Waals surface area (Å²) >= 11 is 0. The van der Waals surface area contributed by atoms with Gasteiger partial charge in [-0.15, -0.1) is 0 Å². The topological polar surface area (TPSA) is 83.5 Å². The van der Waals surface area contributed by atoms with E-state index < -0.39 is 28.5 Å². The highest BCUT2D eigenvalue weighted by atomic mass is 32.2. The van der Waals surface area contributed by atoms with Gasteiger partial charge >= 0.3 is 5.97 Å². The zero-order valence-corrected chi connectivity index (χ0v) is 12.3. The van der Waals surface area contributed by atoms with Crippen LogP contribution in [0.3, 0.4) is 0 Å². The molecule has 1 atom stereocenters. The van der Waals surface area contributed by atoms with Gasteiger partial charge in [0.05, 0.1) is 5.56 Å². The molecule has 0 heterocycles. The lowest BCUT2D eigenvalue weighted by Gasteiger charge is -2.06. The number of nitrogens with one attached hydrogen (secondary N) is 1. The fourth-order valence-corrected chi connectivity index (χ4v) is 2.12. The zero-order chi connectivity index (χ0) is 15.8. The lowest BCUT2D eigenvalue weighted by Crippen LogP contribution is -2.28. The third kappa shape index (κ3) is 5.86. The maximum atomic E-state index is 13.8. The Morgan fingerprint density at radius 1 is 1.43 bits per heavy atom. The Morgan fingerprint density at radius 3 is 2.71 bits per heavy atom. The van der Waals surface area contributed by atoms with Gasteiger partial charge in [0.25, 0.3) is 5.91 Å². The maximum absolute atomic E-state index is 13.8. The molecular weight excluding hydrogens is 297 g/mol. The standard InChI is InChI=1S/C14H16FNO4S/c1-2-21(20)8-7-16-14(19)11-5-3-10(9-12(11)15)4-6-13(17)18/h3-6,9H,2,7-8H2,1H3,(H,16,19)(H,17,18)/b6-4+. The first-order valence-electron chi connectivity index (χ1n) is 6.27. The largest absolute Gasteiger partial charge is 0.478 e. The number of rotatable bonds is 7. The monoisotopic (exact) mass is 313 g/mol. The van der Waals surface area contributed by atoms with E-state index in [4.69, 9.17) is 5.11 Å². The van der Waals surface area contributed by atoms with E-state index in [9.17, 15) is 18.2 Å². The van der Waals surface area contributed by atoms with E-state index in [1.165, 1.54) is 18.2 Å². The van der Waals surface area contributed by atoms with Crippen LogP contribution in [0.25, 0.3) is 6.08 Å². The van der Waals surface area contributed by atoms with Crippen LogP contribution in [0.2, 0.25) is 0 Å². The fraction of sp³-hybridized carbons (Fsp3) is 0.286. The minimum atomic E-state index is -1.14. The summed E-state index contributed by atoms with van der Waals surface area (Å²) in [4.78, 5) is 22.1. The summed E-state index contributed by atoms with van der Waals surface area (Å²) < 4.78 is 25.0. The molecule has 21 heavy (non-hydrogen) atoms. The van der Waals surface area contributed by atoms with Crippen LogP contribution in [-0.4, -0.2) is 39.2 Å². The Bertz CT molecular complexity index is 586. The van der Waals surface area contributed by atoms with Crippen molar-refractivity contribution in [3.05, 3.63) is 41.2 Å². The highest BCUT2D eigenvalue weighted by molar-refractivity contribution is 7.84. The molecule has 1 rings (SSSR count).